The molecule has 0 spiro atoms. The number of rotatable bonds is 7. The fourth-order valence-electron chi connectivity index (χ4n) is 1.75. The first-order valence-electron chi connectivity index (χ1n) is 5.89. The van der Waals surface area contributed by atoms with Crippen molar-refractivity contribution in [1.82, 2.24) is 0 Å². The van der Waals surface area contributed by atoms with Crippen LogP contribution in [-0.4, -0.2) is 16.6 Å². The molecule has 0 bridgehead atoms. The highest BCUT2D eigenvalue weighted by molar-refractivity contribution is 5.44. The molecular weight excluding hydrogens is 226 g/mol. The Labute approximate surface area is 99.9 Å². The highest BCUT2D eigenvalue weighted by Crippen LogP contribution is 2.29. The van der Waals surface area contributed by atoms with Crippen molar-refractivity contribution in [2.75, 3.05) is 0 Å². The Hall–Kier alpha value is -1.32. The lowest BCUT2D eigenvalue weighted by Gasteiger charge is -2.06. The normalized spacial score (nSPS) is 11.0. The summed E-state index contributed by atoms with van der Waals surface area (Å²) < 4.78 is 23.7. The fourth-order valence-corrected chi connectivity index (χ4v) is 1.75. The van der Waals surface area contributed by atoms with Crippen molar-refractivity contribution in [3.8, 4) is 11.5 Å². The van der Waals surface area contributed by atoms with Gasteiger partial charge in [0.1, 0.15) is 0 Å². The molecule has 2 nitrogen and oxygen atoms in total. The average Bonchev–Trinajstić information content (AvgIpc) is 2.28. The van der Waals surface area contributed by atoms with Crippen LogP contribution in [-0.2, 0) is 6.42 Å². The van der Waals surface area contributed by atoms with Crippen molar-refractivity contribution < 1.29 is 19.0 Å². The first-order valence-corrected chi connectivity index (χ1v) is 5.89. The third kappa shape index (κ3) is 5.02. The van der Waals surface area contributed by atoms with Gasteiger partial charge in [0.15, 0.2) is 11.5 Å². The maximum absolute atomic E-state index is 11.8. The predicted octanol–water partition coefficient (Wildman–Crippen LogP) is 3.86. The Morgan fingerprint density at radius 3 is 2.41 bits per heavy atom. The van der Waals surface area contributed by atoms with Gasteiger partial charge in [-0.25, -0.2) is 8.78 Å². The number of alkyl halides is 2. The highest BCUT2D eigenvalue weighted by Gasteiger charge is 2.05. The van der Waals surface area contributed by atoms with Crippen molar-refractivity contribution in [2.45, 2.75) is 45.0 Å². The zero-order chi connectivity index (χ0) is 12.7. The molecule has 1 aromatic carbocycles. The number of phenolic OH excluding ortho intramolecular Hbond substituents is 2. The molecule has 0 fully saturated rings. The molecule has 0 aliphatic rings. The number of unbranched alkanes of at least 4 members (excludes halogenated alkanes) is 3. The minimum absolute atomic E-state index is 0.0304. The summed E-state index contributed by atoms with van der Waals surface area (Å²) in [6, 6.07) is 4.87. The van der Waals surface area contributed by atoms with E-state index in [1.807, 2.05) is 0 Å². The van der Waals surface area contributed by atoms with Crippen LogP contribution in [0.1, 0.15) is 37.7 Å². The molecule has 0 radical (unpaired) electrons. The van der Waals surface area contributed by atoms with E-state index in [1.54, 1.807) is 12.1 Å². The Bertz CT molecular complexity index is 340. The van der Waals surface area contributed by atoms with Crippen LogP contribution < -0.4 is 0 Å². The van der Waals surface area contributed by atoms with E-state index in [4.69, 9.17) is 0 Å². The maximum Gasteiger partial charge on any atom is 0.238 e. The van der Waals surface area contributed by atoms with Gasteiger partial charge in [-0.1, -0.05) is 25.0 Å². The van der Waals surface area contributed by atoms with E-state index in [-0.39, 0.29) is 17.9 Å². The van der Waals surface area contributed by atoms with E-state index in [2.05, 4.69) is 0 Å². The quantitative estimate of drug-likeness (QED) is 0.565. The molecule has 0 amide bonds. The number of benzene rings is 1. The molecule has 0 aliphatic heterocycles. The first-order chi connectivity index (χ1) is 8.11. The topological polar surface area (TPSA) is 40.5 Å². The largest absolute Gasteiger partial charge is 0.504 e. The molecule has 0 heterocycles. The van der Waals surface area contributed by atoms with Crippen LogP contribution in [0.2, 0.25) is 0 Å². The number of aromatic hydroxyl groups is 2. The van der Waals surface area contributed by atoms with Crippen LogP contribution in [0.4, 0.5) is 8.78 Å². The molecule has 4 heteroatoms. The van der Waals surface area contributed by atoms with E-state index in [0.29, 0.717) is 18.4 Å². The summed E-state index contributed by atoms with van der Waals surface area (Å²) in [6.45, 7) is 0. The minimum Gasteiger partial charge on any atom is -0.504 e. The summed E-state index contributed by atoms with van der Waals surface area (Å²) in [7, 11) is 0. The van der Waals surface area contributed by atoms with Crippen LogP contribution in [0.15, 0.2) is 18.2 Å². The van der Waals surface area contributed by atoms with Crippen molar-refractivity contribution in [2.24, 2.45) is 0 Å². The molecule has 0 atom stereocenters. The third-order valence-corrected chi connectivity index (χ3v) is 2.72. The highest BCUT2D eigenvalue weighted by atomic mass is 19.3. The van der Waals surface area contributed by atoms with Crippen molar-refractivity contribution in [3.05, 3.63) is 23.8 Å². The molecule has 0 saturated heterocycles. The van der Waals surface area contributed by atoms with E-state index >= 15 is 0 Å². The minimum atomic E-state index is -2.20. The van der Waals surface area contributed by atoms with Gasteiger partial charge in [-0.2, -0.15) is 0 Å². The molecule has 1 rings (SSSR count). The van der Waals surface area contributed by atoms with Gasteiger partial charge < -0.3 is 10.2 Å². The Morgan fingerprint density at radius 1 is 1.00 bits per heavy atom. The van der Waals surface area contributed by atoms with Gasteiger partial charge in [0, 0.05) is 6.42 Å². The number of hydrogen-bond acceptors (Lipinski definition) is 2. The number of phenols is 2. The van der Waals surface area contributed by atoms with Gasteiger partial charge >= 0.3 is 0 Å². The molecule has 1 aromatic rings. The Kier molecular flexibility index (Phi) is 5.73. The second kappa shape index (κ2) is 7.09. The summed E-state index contributed by atoms with van der Waals surface area (Å²) >= 11 is 0. The fraction of sp³-hybridized carbons (Fsp3) is 0.538. The van der Waals surface area contributed by atoms with Gasteiger partial charge in [-0.15, -0.1) is 0 Å². The lowest BCUT2D eigenvalue weighted by atomic mass is 10.0. The standard InChI is InChI=1S/C13H18F2O2/c14-12(15)9-4-2-1-3-6-10-7-5-8-11(16)13(10)17/h5,7-8,12,16-17H,1-4,6,9H2. The summed E-state index contributed by atoms with van der Waals surface area (Å²) in [6.07, 6.45) is 1.45. The van der Waals surface area contributed by atoms with Crippen molar-refractivity contribution >= 4 is 0 Å². The zero-order valence-corrected chi connectivity index (χ0v) is 9.70. The second-order valence-corrected chi connectivity index (χ2v) is 4.13. The van der Waals surface area contributed by atoms with Crippen LogP contribution in [0.3, 0.4) is 0 Å². The number of para-hydroxylation sites is 1. The summed E-state index contributed by atoms with van der Waals surface area (Å²) in [5.41, 5.74) is 0.707. The third-order valence-electron chi connectivity index (χ3n) is 2.72. The molecule has 17 heavy (non-hydrogen) atoms. The molecule has 0 unspecified atom stereocenters. The van der Waals surface area contributed by atoms with Crippen LogP contribution >= 0.6 is 0 Å². The van der Waals surface area contributed by atoms with E-state index < -0.39 is 6.43 Å². The Morgan fingerprint density at radius 2 is 1.71 bits per heavy atom. The molecule has 0 aromatic heterocycles. The zero-order valence-electron chi connectivity index (χ0n) is 9.70. The van der Waals surface area contributed by atoms with Gasteiger partial charge in [0.05, 0.1) is 0 Å². The van der Waals surface area contributed by atoms with Gasteiger partial charge in [0.25, 0.3) is 0 Å². The first kappa shape index (κ1) is 13.7. The van der Waals surface area contributed by atoms with Gasteiger partial charge in [-0.05, 0) is 30.9 Å². The molecular formula is C13H18F2O2. The maximum atomic E-state index is 11.8. The van der Waals surface area contributed by atoms with Gasteiger partial charge in [-0.3, -0.25) is 0 Å². The van der Waals surface area contributed by atoms with Crippen molar-refractivity contribution in [3.63, 3.8) is 0 Å². The van der Waals surface area contributed by atoms with E-state index in [9.17, 15) is 19.0 Å². The smallest absolute Gasteiger partial charge is 0.238 e. The van der Waals surface area contributed by atoms with Crippen LogP contribution in [0.25, 0.3) is 0 Å². The second-order valence-electron chi connectivity index (χ2n) is 4.13. The number of aryl methyl sites for hydroxylation is 1. The monoisotopic (exact) mass is 244 g/mol. The molecule has 2 N–H and O–H groups in total. The SMILES string of the molecule is Oc1cccc(CCCCCCC(F)F)c1O. The van der Waals surface area contributed by atoms with Crippen LogP contribution in [0, 0.1) is 0 Å². The number of hydrogen-bond donors (Lipinski definition) is 2. The van der Waals surface area contributed by atoms with Gasteiger partial charge in [0.2, 0.25) is 6.43 Å². The summed E-state index contributed by atoms with van der Waals surface area (Å²) in [5.74, 6) is -0.180. The Balaban J connectivity index is 2.20. The average molecular weight is 244 g/mol. The van der Waals surface area contributed by atoms with Crippen molar-refractivity contribution in [1.29, 1.82) is 0 Å². The van der Waals surface area contributed by atoms with E-state index in [0.717, 1.165) is 19.3 Å². The molecule has 96 valence electrons. The number of halogens is 2. The lowest BCUT2D eigenvalue weighted by molar-refractivity contribution is 0.133. The molecule has 0 aliphatic carbocycles. The van der Waals surface area contributed by atoms with E-state index in [1.165, 1.54) is 6.07 Å². The summed E-state index contributed by atoms with van der Waals surface area (Å²) in [5, 5.41) is 18.8. The lowest BCUT2D eigenvalue weighted by Crippen LogP contribution is -1.91. The summed E-state index contributed by atoms with van der Waals surface area (Å²) in [4.78, 5) is 0. The predicted molar refractivity (Wildman–Crippen MR) is 62.6 cm³/mol. The molecule has 0 saturated carbocycles. The van der Waals surface area contributed by atoms with Crippen LogP contribution in [0.5, 0.6) is 11.5 Å².